The lowest BCUT2D eigenvalue weighted by Gasteiger charge is -2.08. The van der Waals surface area contributed by atoms with Gasteiger partial charge in [0, 0.05) is 6.07 Å². The van der Waals surface area contributed by atoms with Crippen molar-refractivity contribution in [3.63, 3.8) is 0 Å². The zero-order chi connectivity index (χ0) is 12.2. The van der Waals surface area contributed by atoms with E-state index >= 15 is 0 Å². The molecule has 0 aliphatic heterocycles. The van der Waals surface area contributed by atoms with Crippen LogP contribution in [-0.4, -0.2) is 20.2 Å². The van der Waals surface area contributed by atoms with Crippen LogP contribution in [0.2, 0.25) is 0 Å². The highest BCUT2D eigenvalue weighted by atomic mass is 32.2. The molecule has 0 amide bonds. The Bertz CT molecular complexity index is 519. The third-order valence-electron chi connectivity index (χ3n) is 1.76. The summed E-state index contributed by atoms with van der Waals surface area (Å²) in [5.74, 6) is 2.25. The first-order chi connectivity index (χ1) is 7.49. The second-order valence-electron chi connectivity index (χ2n) is 2.85. The summed E-state index contributed by atoms with van der Waals surface area (Å²) in [6.45, 7) is 0.213. The highest BCUT2D eigenvalue weighted by Gasteiger charge is 2.12. The quantitative estimate of drug-likeness (QED) is 0.398. The average molecular weight is 242 g/mol. The molecule has 1 aromatic rings. The smallest absolute Gasteiger partial charge is 0.238 e. The van der Waals surface area contributed by atoms with Gasteiger partial charge >= 0.3 is 0 Å². The third-order valence-corrected chi connectivity index (χ3v) is 2.67. The summed E-state index contributed by atoms with van der Waals surface area (Å²) in [5.41, 5.74) is 0.368. The molecular formula is C9H10N2O4S. The number of hydrogen-bond acceptors (Lipinski definition) is 5. The number of nitrogens with two attached hydrogens (primary N) is 1. The number of terminal acetylenes is 1. The van der Waals surface area contributed by atoms with Gasteiger partial charge in [-0.25, -0.2) is 18.8 Å². The van der Waals surface area contributed by atoms with E-state index in [1.807, 2.05) is 0 Å². The molecular weight excluding hydrogens is 232 g/mol. The zero-order valence-corrected chi connectivity index (χ0v) is 8.99. The Morgan fingerprint density at radius 1 is 1.56 bits per heavy atom. The number of sulfonamides is 1. The molecule has 0 heterocycles. The second-order valence-corrected chi connectivity index (χ2v) is 4.41. The van der Waals surface area contributed by atoms with Crippen molar-refractivity contribution in [3.05, 3.63) is 18.2 Å². The molecule has 7 heteroatoms. The Hall–Kier alpha value is -1.75. The molecule has 0 unspecified atom stereocenters. The molecule has 6 nitrogen and oxygen atoms in total. The number of nitrogens with one attached hydrogen (secondary N) is 1. The summed E-state index contributed by atoms with van der Waals surface area (Å²) in [6, 6.07) is 3.76. The summed E-state index contributed by atoms with van der Waals surface area (Å²) in [4.78, 5) is 3.86. The van der Waals surface area contributed by atoms with E-state index in [-0.39, 0.29) is 17.2 Å². The fourth-order valence-electron chi connectivity index (χ4n) is 1.05. The van der Waals surface area contributed by atoms with Gasteiger partial charge in [-0.05, 0) is 12.1 Å². The van der Waals surface area contributed by atoms with Gasteiger partial charge in [-0.1, -0.05) is 5.92 Å². The van der Waals surface area contributed by atoms with Crippen molar-refractivity contribution in [2.75, 3.05) is 11.9 Å². The van der Waals surface area contributed by atoms with Crippen LogP contribution in [0.5, 0.6) is 5.75 Å². The maximum absolute atomic E-state index is 11.0. The number of primary sulfonamides is 1. The van der Waals surface area contributed by atoms with Crippen LogP contribution in [0.3, 0.4) is 0 Å². The summed E-state index contributed by atoms with van der Waals surface area (Å²) < 4.78 is 22.0. The normalized spacial score (nSPS) is 10.6. The average Bonchev–Trinajstić information content (AvgIpc) is 2.24. The first-order valence-corrected chi connectivity index (χ1v) is 5.69. The van der Waals surface area contributed by atoms with Gasteiger partial charge < -0.3 is 10.2 Å². The van der Waals surface area contributed by atoms with Crippen molar-refractivity contribution >= 4 is 15.7 Å². The number of benzene rings is 1. The molecule has 0 saturated heterocycles. The van der Waals surface area contributed by atoms with Gasteiger partial charge in [-0.3, -0.25) is 0 Å². The van der Waals surface area contributed by atoms with E-state index in [0.29, 0.717) is 5.69 Å². The SMILES string of the molecule is C#CCNc1ccc(S(N)(=O)=O)cc1OO. The Balaban J connectivity index is 3.13. The molecule has 0 saturated carbocycles. The van der Waals surface area contributed by atoms with E-state index in [1.54, 1.807) is 0 Å². The van der Waals surface area contributed by atoms with Crippen LogP contribution in [0.25, 0.3) is 0 Å². The van der Waals surface area contributed by atoms with Crippen LogP contribution in [0, 0.1) is 12.3 Å². The third kappa shape index (κ3) is 2.87. The van der Waals surface area contributed by atoms with Crippen LogP contribution in [0.1, 0.15) is 0 Å². The summed E-state index contributed by atoms with van der Waals surface area (Å²) in [7, 11) is -3.83. The van der Waals surface area contributed by atoms with Crippen LogP contribution in [0.15, 0.2) is 23.1 Å². The summed E-state index contributed by atoms with van der Waals surface area (Å²) in [5, 5.41) is 16.2. The predicted octanol–water partition coefficient (Wildman–Crippen LogP) is 0.231. The van der Waals surface area contributed by atoms with E-state index in [4.69, 9.17) is 16.8 Å². The topological polar surface area (TPSA) is 102 Å². The minimum absolute atomic E-state index is 0.0678. The molecule has 0 aliphatic rings. The monoisotopic (exact) mass is 242 g/mol. The van der Waals surface area contributed by atoms with E-state index < -0.39 is 10.0 Å². The van der Waals surface area contributed by atoms with Crippen molar-refractivity contribution in [1.29, 1.82) is 0 Å². The highest BCUT2D eigenvalue weighted by molar-refractivity contribution is 7.89. The molecule has 0 fully saturated rings. The summed E-state index contributed by atoms with van der Waals surface area (Å²) >= 11 is 0. The standard InChI is InChI=1S/C9H10N2O4S/c1-2-5-11-8-4-3-7(16(10,13)14)6-9(8)15-12/h1,3-4,6,11-12H,5H2,(H2,10,13,14). The lowest BCUT2D eigenvalue weighted by Crippen LogP contribution is -2.12. The van der Waals surface area contributed by atoms with Crippen LogP contribution in [0.4, 0.5) is 5.69 Å². The number of rotatable bonds is 4. The molecule has 0 aliphatic carbocycles. The highest BCUT2D eigenvalue weighted by Crippen LogP contribution is 2.26. The molecule has 86 valence electrons. The van der Waals surface area contributed by atoms with E-state index in [2.05, 4.69) is 16.1 Å². The molecule has 1 rings (SSSR count). The Labute approximate surface area is 93.0 Å². The fraction of sp³-hybridized carbons (Fsp3) is 0.111. The van der Waals surface area contributed by atoms with Crippen molar-refractivity contribution in [2.45, 2.75) is 4.90 Å². The van der Waals surface area contributed by atoms with Crippen LogP contribution in [-0.2, 0) is 10.0 Å². The molecule has 0 aromatic heterocycles. The Kier molecular flexibility index (Phi) is 3.73. The van der Waals surface area contributed by atoms with Gasteiger partial charge in [0.2, 0.25) is 10.0 Å². The van der Waals surface area contributed by atoms with E-state index in [9.17, 15) is 8.42 Å². The van der Waals surface area contributed by atoms with E-state index in [0.717, 1.165) is 6.07 Å². The van der Waals surface area contributed by atoms with E-state index in [1.165, 1.54) is 12.1 Å². The van der Waals surface area contributed by atoms with Crippen molar-refractivity contribution in [2.24, 2.45) is 5.14 Å². The van der Waals surface area contributed by atoms with Crippen molar-refractivity contribution in [3.8, 4) is 18.1 Å². The molecule has 0 spiro atoms. The lowest BCUT2D eigenvalue weighted by molar-refractivity contribution is -0.137. The molecule has 1 aromatic carbocycles. The number of anilines is 1. The minimum Gasteiger partial charge on any atom is -0.371 e. The predicted molar refractivity (Wildman–Crippen MR) is 58.4 cm³/mol. The molecule has 0 atom stereocenters. The largest absolute Gasteiger partial charge is 0.371 e. The van der Waals surface area contributed by atoms with Crippen molar-refractivity contribution in [1.82, 2.24) is 0 Å². The first kappa shape index (κ1) is 12.3. The summed E-state index contributed by atoms with van der Waals surface area (Å²) in [6.07, 6.45) is 5.04. The maximum Gasteiger partial charge on any atom is 0.238 e. The lowest BCUT2D eigenvalue weighted by atomic mass is 10.3. The first-order valence-electron chi connectivity index (χ1n) is 4.14. The van der Waals surface area contributed by atoms with Crippen LogP contribution >= 0.6 is 0 Å². The molecule has 0 radical (unpaired) electrons. The maximum atomic E-state index is 11.0. The Morgan fingerprint density at radius 2 is 2.25 bits per heavy atom. The molecule has 4 N–H and O–H groups in total. The van der Waals surface area contributed by atoms with Gasteiger partial charge in [0.1, 0.15) is 0 Å². The van der Waals surface area contributed by atoms with Gasteiger partial charge in [-0.2, -0.15) is 0 Å². The van der Waals surface area contributed by atoms with Gasteiger partial charge in [-0.15, -0.1) is 6.42 Å². The van der Waals surface area contributed by atoms with Gasteiger partial charge in [0.25, 0.3) is 0 Å². The second kappa shape index (κ2) is 4.85. The number of hydrogen-bond donors (Lipinski definition) is 3. The zero-order valence-electron chi connectivity index (χ0n) is 8.17. The Morgan fingerprint density at radius 3 is 2.75 bits per heavy atom. The van der Waals surface area contributed by atoms with Crippen molar-refractivity contribution < 1.29 is 18.6 Å². The fourth-order valence-corrected chi connectivity index (χ4v) is 1.58. The molecule has 16 heavy (non-hydrogen) atoms. The van der Waals surface area contributed by atoms with Gasteiger partial charge in [0.15, 0.2) is 5.75 Å². The minimum atomic E-state index is -3.83. The van der Waals surface area contributed by atoms with Crippen LogP contribution < -0.4 is 15.3 Å². The molecule has 0 bridgehead atoms. The van der Waals surface area contributed by atoms with Gasteiger partial charge in [0.05, 0.1) is 17.1 Å².